The van der Waals surface area contributed by atoms with Crippen molar-refractivity contribution in [1.82, 2.24) is 0 Å². The zero-order chi connectivity index (χ0) is 58.5. The van der Waals surface area contributed by atoms with Gasteiger partial charge in [0, 0.05) is 19.3 Å². The lowest BCUT2D eigenvalue weighted by molar-refractivity contribution is -0.167. The van der Waals surface area contributed by atoms with Crippen molar-refractivity contribution >= 4 is 17.9 Å². The van der Waals surface area contributed by atoms with Crippen LogP contribution in [0.3, 0.4) is 0 Å². The van der Waals surface area contributed by atoms with Gasteiger partial charge in [0.1, 0.15) is 13.2 Å². The number of ether oxygens (including phenoxy) is 3. The summed E-state index contributed by atoms with van der Waals surface area (Å²) in [5, 5.41) is 0. The second-order valence-electron chi connectivity index (χ2n) is 23.0. The summed E-state index contributed by atoms with van der Waals surface area (Å²) in [7, 11) is 0. The van der Waals surface area contributed by atoms with Gasteiger partial charge in [0.05, 0.1) is 0 Å². The molecule has 0 saturated heterocycles. The molecule has 0 bridgehead atoms. The van der Waals surface area contributed by atoms with E-state index in [-0.39, 0.29) is 31.1 Å². The largest absolute Gasteiger partial charge is 0.462 e. The Hall–Kier alpha value is -3.67. The molecule has 0 aliphatic carbocycles. The highest BCUT2D eigenvalue weighted by Gasteiger charge is 2.19. The molecule has 0 N–H and O–H groups in total. The molecule has 0 amide bonds. The summed E-state index contributed by atoms with van der Waals surface area (Å²) in [6.45, 7) is 6.42. The van der Waals surface area contributed by atoms with Gasteiger partial charge in [-0.15, -0.1) is 0 Å². The van der Waals surface area contributed by atoms with Crippen LogP contribution in [0.4, 0.5) is 0 Å². The molecule has 0 fully saturated rings. The molecule has 0 aromatic rings. The van der Waals surface area contributed by atoms with Crippen LogP contribution in [0.15, 0.2) is 97.2 Å². The minimum absolute atomic E-state index is 0.0915. The molecule has 1 unspecified atom stereocenters. The number of esters is 3. The summed E-state index contributed by atoms with van der Waals surface area (Å²) in [5.41, 5.74) is 0. The van der Waals surface area contributed by atoms with E-state index in [1.807, 2.05) is 0 Å². The number of carbonyl (C=O) groups is 3. The van der Waals surface area contributed by atoms with E-state index in [2.05, 4.69) is 118 Å². The maximum absolute atomic E-state index is 12.9. The topological polar surface area (TPSA) is 78.9 Å². The van der Waals surface area contributed by atoms with E-state index in [1.165, 1.54) is 167 Å². The summed E-state index contributed by atoms with van der Waals surface area (Å²) in [6.07, 6.45) is 93.0. The summed E-state index contributed by atoms with van der Waals surface area (Å²) in [6, 6.07) is 0. The van der Waals surface area contributed by atoms with Crippen molar-refractivity contribution in [1.29, 1.82) is 0 Å². The Morgan fingerprint density at radius 2 is 0.481 bits per heavy atom. The van der Waals surface area contributed by atoms with Crippen LogP contribution < -0.4 is 0 Å². The molecule has 0 heterocycles. The normalized spacial score (nSPS) is 12.7. The van der Waals surface area contributed by atoms with Crippen molar-refractivity contribution in [3.8, 4) is 0 Å². The average Bonchev–Trinajstić information content (AvgIpc) is 3.47. The van der Waals surface area contributed by atoms with Crippen LogP contribution >= 0.6 is 0 Å². The van der Waals surface area contributed by atoms with Gasteiger partial charge >= 0.3 is 17.9 Å². The highest BCUT2D eigenvalue weighted by Crippen LogP contribution is 2.17. The number of allylic oxidation sites excluding steroid dienone is 16. The van der Waals surface area contributed by atoms with Crippen LogP contribution in [-0.2, 0) is 28.6 Å². The van der Waals surface area contributed by atoms with Crippen LogP contribution in [0.25, 0.3) is 0 Å². The van der Waals surface area contributed by atoms with E-state index in [4.69, 9.17) is 14.2 Å². The van der Waals surface area contributed by atoms with Gasteiger partial charge in [-0.2, -0.15) is 0 Å². The van der Waals surface area contributed by atoms with Gasteiger partial charge in [0.2, 0.25) is 0 Å². The van der Waals surface area contributed by atoms with Gasteiger partial charge in [0.15, 0.2) is 6.10 Å². The molecule has 0 aliphatic heterocycles. The molecule has 0 aliphatic rings. The second-order valence-corrected chi connectivity index (χ2v) is 23.0. The van der Waals surface area contributed by atoms with Gasteiger partial charge in [-0.3, -0.25) is 14.4 Å². The van der Waals surface area contributed by atoms with Crippen molar-refractivity contribution in [2.75, 3.05) is 13.2 Å². The molecule has 0 saturated carbocycles. The summed E-state index contributed by atoms with van der Waals surface area (Å²) < 4.78 is 16.9. The molecule has 6 nitrogen and oxygen atoms in total. The Labute approximate surface area is 502 Å². The number of carbonyl (C=O) groups excluding carboxylic acids is 3. The third kappa shape index (κ3) is 67.0. The molecule has 0 spiro atoms. The number of rotatable bonds is 63. The first-order valence-electron chi connectivity index (χ1n) is 34.7. The van der Waals surface area contributed by atoms with Crippen LogP contribution in [0.1, 0.15) is 342 Å². The van der Waals surface area contributed by atoms with E-state index in [0.717, 1.165) is 135 Å². The number of unbranched alkanes of at least 4 members (excludes halogenated alkanes) is 36. The zero-order valence-electron chi connectivity index (χ0n) is 53.5. The molecular weight excluding hydrogens is 997 g/mol. The average molecular weight is 1130 g/mol. The van der Waals surface area contributed by atoms with E-state index in [9.17, 15) is 14.4 Å². The highest BCUT2D eigenvalue weighted by molar-refractivity contribution is 5.71. The van der Waals surface area contributed by atoms with Gasteiger partial charge < -0.3 is 14.2 Å². The van der Waals surface area contributed by atoms with Crippen molar-refractivity contribution in [3.63, 3.8) is 0 Å². The van der Waals surface area contributed by atoms with Gasteiger partial charge in [-0.05, 0) is 116 Å². The first kappa shape index (κ1) is 77.3. The second kappa shape index (κ2) is 68.8. The summed E-state index contributed by atoms with van der Waals surface area (Å²) in [5.74, 6) is -0.921. The van der Waals surface area contributed by atoms with Gasteiger partial charge in [0.25, 0.3) is 0 Å². The number of hydrogen-bond donors (Lipinski definition) is 0. The lowest BCUT2D eigenvalue weighted by Gasteiger charge is -2.18. The van der Waals surface area contributed by atoms with Crippen molar-refractivity contribution < 1.29 is 28.6 Å². The van der Waals surface area contributed by atoms with E-state index in [0.29, 0.717) is 19.3 Å². The standard InChI is InChI=1S/C75H130O6/c1-4-7-10-13-16-19-22-25-28-30-31-32-33-34-35-36-37-38-39-40-41-42-43-45-47-50-53-56-59-62-65-68-74(77)80-71-72(70-79-73(76)67-64-61-58-55-52-49-46-27-24-21-18-15-12-9-6-3)81-75(78)69-66-63-60-57-54-51-48-44-29-26-23-20-17-14-11-8-5-2/h8-9,11-12,17-18,20-21,26-27,29-31,46,48,51,72H,4-7,10,13-16,19,22-25,28,32-45,47,49-50,52-71H2,1-3H3/b11-8-,12-9-,20-17-,21-18-,29-26-,31-30-,46-27-,51-48-. The summed E-state index contributed by atoms with van der Waals surface area (Å²) >= 11 is 0. The first-order chi connectivity index (χ1) is 40.0. The Balaban J connectivity index is 4.23. The maximum atomic E-state index is 12.9. The molecule has 0 radical (unpaired) electrons. The van der Waals surface area contributed by atoms with Gasteiger partial charge in [-0.1, -0.05) is 304 Å². The molecule has 1 atom stereocenters. The molecular formula is C75H130O6. The summed E-state index contributed by atoms with van der Waals surface area (Å²) in [4.78, 5) is 38.4. The van der Waals surface area contributed by atoms with E-state index >= 15 is 0 Å². The third-order valence-electron chi connectivity index (χ3n) is 15.1. The maximum Gasteiger partial charge on any atom is 0.306 e. The van der Waals surface area contributed by atoms with Crippen molar-refractivity contribution in [2.24, 2.45) is 0 Å². The van der Waals surface area contributed by atoms with Crippen LogP contribution in [-0.4, -0.2) is 37.2 Å². The lowest BCUT2D eigenvalue weighted by atomic mass is 10.0. The Bertz CT molecular complexity index is 1580. The van der Waals surface area contributed by atoms with Crippen LogP contribution in [0, 0.1) is 0 Å². The molecule has 0 rings (SSSR count). The predicted octanol–water partition coefficient (Wildman–Crippen LogP) is 24.0. The minimum atomic E-state index is -0.799. The quantitative estimate of drug-likeness (QED) is 0.0261. The Morgan fingerprint density at radius 3 is 0.765 bits per heavy atom. The fraction of sp³-hybridized carbons (Fsp3) is 0.747. The third-order valence-corrected chi connectivity index (χ3v) is 15.1. The molecule has 6 heteroatoms. The SMILES string of the molecule is CC/C=C\C/C=C\C/C=C\C/C=C\CCCCCCC(=O)OC(COC(=O)CCCCCCC/C=C\C/C=C\C/C=C\CC)COC(=O)CCCCCCCCCCCCCCCCCCCCC/C=C\CCCCCCCCCC. The minimum Gasteiger partial charge on any atom is -0.462 e. The molecule has 0 aromatic carbocycles. The molecule has 81 heavy (non-hydrogen) atoms. The van der Waals surface area contributed by atoms with E-state index < -0.39 is 6.10 Å². The molecule has 466 valence electrons. The van der Waals surface area contributed by atoms with Gasteiger partial charge in [-0.25, -0.2) is 0 Å². The van der Waals surface area contributed by atoms with Crippen molar-refractivity contribution in [3.05, 3.63) is 97.2 Å². The highest BCUT2D eigenvalue weighted by atomic mass is 16.6. The number of hydrogen-bond acceptors (Lipinski definition) is 6. The van der Waals surface area contributed by atoms with E-state index in [1.54, 1.807) is 0 Å². The zero-order valence-corrected chi connectivity index (χ0v) is 53.5. The smallest absolute Gasteiger partial charge is 0.306 e. The first-order valence-corrected chi connectivity index (χ1v) is 34.7. The molecule has 0 aromatic heterocycles. The van der Waals surface area contributed by atoms with Crippen molar-refractivity contribution in [2.45, 2.75) is 348 Å². The van der Waals surface area contributed by atoms with Crippen LogP contribution in [0.5, 0.6) is 0 Å². The lowest BCUT2D eigenvalue weighted by Crippen LogP contribution is -2.30. The fourth-order valence-electron chi connectivity index (χ4n) is 9.92. The predicted molar refractivity (Wildman–Crippen MR) is 353 cm³/mol. The fourth-order valence-corrected chi connectivity index (χ4v) is 9.92. The Kier molecular flexibility index (Phi) is 65.7. The van der Waals surface area contributed by atoms with Crippen LogP contribution in [0.2, 0.25) is 0 Å². The Morgan fingerprint density at radius 1 is 0.259 bits per heavy atom. The monoisotopic (exact) mass is 1130 g/mol.